The summed E-state index contributed by atoms with van der Waals surface area (Å²) in [4.78, 5) is 11.6. The maximum absolute atomic E-state index is 13.4. The number of halogens is 3. The molecule has 1 heterocycles. The summed E-state index contributed by atoms with van der Waals surface area (Å²) in [6, 6.07) is 4.04. The van der Waals surface area contributed by atoms with Crippen LogP contribution < -0.4 is 10.6 Å². The third-order valence-electron chi connectivity index (χ3n) is 3.69. The van der Waals surface area contributed by atoms with Gasteiger partial charge in [0.2, 0.25) is 5.91 Å². The minimum atomic E-state index is -0.864. The fraction of sp³-hybridized carbons (Fsp3) is 0.533. The summed E-state index contributed by atoms with van der Waals surface area (Å²) < 4.78 is 26.4. The molecular weight excluding hydrogens is 298 g/mol. The number of nitrogens with one attached hydrogen (secondary N) is 2. The molecule has 1 aliphatic heterocycles. The molecule has 1 aromatic carbocycles. The summed E-state index contributed by atoms with van der Waals surface area (Å²) in [5.74, 6) is -1.19. The molecule has 1 aliphatic rings. The van der Waals surface area contributed by atoms with Crippen molar-refractivity contribution in [1.29, 1.82) is 0 Å². The van der Waals surface area contributed by atoms with Crippen LogP contribution in [0.15, 0.2) is 18.2 Å². The first kappa shape index (κ1) is 17.9. The highest BCUT2D eigenvalue weighted by molar-refractivity contribution is 5.85. The van der Waals surface area contributed by atoms with Gasteiger partial charge < -0.3 is 10.6 Å². The van der Waals surface area contributed by atoms with Crippen LogP contribution in [0.2, 0.25) is 0 Å². The molecule has 3 nitrogen and oxygen atoms in total. The van der Waals surface area contributed by atoms with Gasteiger partial charge in [-0.15, -0.1) is 12.4 Å². The van der Waals surface area contributed by atoms with E-state index in [-0.39, 0.29) is 36.7 Å². The summed E-state index contributed by atoms with van der Waals surface area (Å²) in [6.45, 7) is 2.72. The van der Waals surface area contributed by atoms with Gasteiger partial charge in [0, 0.05) is 13.0 Å². The molecule has 1 amide bonds. The van der Waals surface area contributed by atoms with Crippen molar-refractivity contribution < 1.29 is 13.6 Å². The van der Waals surface area contributed by atoms with Gasteiger partial charge in [0.15, 0.2) is 11.6 Å². The first-order chi connectivity index (χ1) is 9.66. The molecule has 118 valence electrons. The Morgan fingerprint density at radius 3 is 2.90 bits per heavy atom. The van der Waals surface area contributed by atoms with E-state index in [1.54, 1.807) is 0 Å². The van der Waals surface area contributed by atoms with Gasteiger partial charge in [0.1, 0.15) is 0 Å². The van der Waals surface area contributed by atoms with E-state index in [9.17, 15) is 13.6 Å². The average molecular weight is 319 g/mol. The quantitative estimate of drug-likeness (QED) is 0.846. The van der Waals surface area contributed by atoms with Crippen molar-refractivity contribution in [1.82, 2.24) is 10.6 Å². The minimum absolute atomic E-state index is 0. The lowest BCUT2D eigenvalue weighted by Crippen LogP contribution is -2.26. The van der Waals surface area contributed by atoms with E-state index in [1.165, 1.54) is 12.1 Å². The molecule has 0 saturated carbocycles. The fourth-order valence-electron chi connectivity index (χ4n) is 2.45. The Balaban J connectivity index is 0.00000220. The maximum atomic E-state index is 13.4. The number of hydrogen-bond donors (Lipinski definition) is 2. The maximum Gasteiger partial charge on any atom is 0.220 e. The average Bonchev–Trinajstić information content (AvgIpc) is 2.94. The standard InChI is InChI=1S/C15H20F2N2O.ClH/c16-13-3-1-2-12(15(13)17)4-5-14(20)19-9-7-11-6-8-18-10-11;/h1-3,11,18H,4-10H2,(H,19,20);1H. The van der Waals surface area contributed by atoms with Crippen molar-refractivity contribution in [3.05, 3.63) is 35.4 Å². The van der Waals surface area contributed by atoms with Crippen LogP contribution in [0.4, 0.5) is 8.78 Å². The van der Waals surface area contributed by atoms with Crippen LogP contribution in [0, 0.1) is 17.6 Å². The SMILES string of the molecule is Cl.O=C(CCc1cccc(F)c1F)NCCC1CCNC1. The highest BCUT2D eigenvalue weighted by Gasteiger charge is 2.14. The monoisotopic (exact) mass is 318 g/mol. The van der Waals surface area contributed by atoms with Gasteiger partial charge in [-0.25, -0.2) is 8.78 Å². The Morgan fingerprint density at radius 1 is 1.38 bits per heavy atom. The summed E-state index contributed by atoms with van der Waals surface area (Å²) in [6.07, 6.45) is 2.53. The van der Waals surface area contributed by atoms with Crippen molar-refractivity contribution in [2.24, 2.45) is 5.92 Å². The second-order valence-electron chi connectivity index (χ2n) is 5.21. The van der Waals surface area contributed by atoms with Gasteiger partial charge in [-0.1, -0.05) is 12.1 Å². The van der Waals surface area contributed by atoms with Gasteiger partial charge in [-0.3, -0.25) is 4.79 Å². The molecule has 1 saturated heterocycles. The predicted octanol–water partition coefficient (Wildman–Crippen LogP) is 2.44. The first-order valence-corrected chi connectivity index (χ1v) is 7.07. The number of hydrogen-bond acceptors (Lipinski definition) is 2. The van der Waals surface area contributed by atoms with E-state index in [2.05, 4.69) is 10.6 Å². The lowest BCUT2D eigenvalue weighted by Gasteiger charge is -2.09. The Morgan fingerprint density at radius 2 is 2.19 bits per heavy atom. The Bertz CT molecular complexity index is 465. The first-order valence-electron chi connectivity index (χ1n) is 7.07. The lowest BCUT2D eigenvalue weighted by atomic mass is 10.1. The second-order valence-corrected chi connectivity index (χ2v) is 5.21. The Labute approximate surface area is 129 Å². The number of rotatable bonds is 6. The topological polar surface area (TPSA) is 41.1 Å². The Kier molecular flexibility index (Phi) is 7.61. The van der Waals surface area contributed by atoms with Crippen molar-refractivity contribution >= 4 is 18.3 Å². The van der Waals surface area contributed by atoms with Crippen LogP contribution in [-0.4, -0.2) is 25.5 Å². The van der Waals surface area contributed by atoms with Crippen LogP contribution in [-0.2, 0) is 11.2 Å². The molecule has 1 unspecified atom stereocenters. The molecule has 21 heavy (non-hydrogen) atoms. The summed E-state index contributed by atoms with van der Waals surface area (Å²) in [5.41, 5.74) is 0.250. The van der Waals surface area contributed by atoms with Gasteiger partial charge in [-0.05, 0) is 49.9 Å². The molecule has 1 fully saturated rings. The highest BCUT2D eigenvalue weighted by atomic mass is 35.5. The van der Waals surface area contributed by atoms with Crippen LogP contribution >= 0.6 is 12.4 Å². The second kappa shape index (κ2) is 8.95. The van der Waals surface area contributed by atoms with Crippen molar-refractivity contribution in [2.75, 3.05) is 19.6 Å². The van der Waals surface area contributed by atoms with Gasteiger partial charge >= 0.3 is 0 Å². The van der Waals surface area contributed by atoms with Gasteiger partial charge in [0.05, 0.1) is 0 Å². The lowest BCUT2D eigenvalue weighted by molar-refractivity contribution is -0.121. The summed E-state index contributed by atoms with van der Waals surface area (Å²) >= 11 is 0. The number of carbonyl (C=O) groups excluding carboxylic acids is 1. The van der Waals surface area contributed by atoms with Crippen LogP contribution in [0.5, 0.6) is 0 Å². The molecular formula is C15H21ClF2N2O. The Hall–Kier alpha value is -1.20. The van der Waals surface area contributed by atoms with E-state index in [0.717, 1.165) is 32.0 Å². The van der Waals surface area contributed by atoms with Gasteiger partial charge in [0.25, 0.3) is 0 Å². The molecule has 0 spiro atoms. The van der Waals surface area contributed by atoms with E-state index in [1.807, 2.05) is 0 Å². The number of amides is 1. The van der Waals surface area contributed by atoms with Crippen molar-refractivity contribution in [2.45, 2.75) is 25.7 Å². The normalized spacial score (nSPS) is 17.3. The van der Waals surface area contributed by atoms with E-state index < -0.39 is 11.6 Å². The number of aryl methyl sites for hydroxylation is 1. The molecule has 1 aromatic rings. The molecule has 0 aromatic heterocycles. The van der Waals surface area contributed by atoms with Crippen LogP contribution in [0.1, 0.15) is 24.8 Å². The molecule has 0 bridgehead atoms. The molecule has 6 heteroatoms. The zero-order valence-corrected chi connectivity index (χ0v) is 12.6. The van der Waals surface area contributed by atoms with E-state index in [4.69, 9.17) is 0 Å². The van der Waals surface area contributed by atoms with Crippen LogP contribution in [0.25, 0.3) is 0 Å². The predicted molar refractivity (Wildman–Crippen MR) is 80.5 cm³/mol. The summed E-state index contributed by atoms with van der Waals surface area (Å²) in [5, 5.41) is 6.11. The largest absolute Gasteiger partial charge is 0.356 e. The highest BCUT2D eigenvalue weighted by Crippen LogP contribution is 2.13. The molecule has 1 atom stereocenters. The van der Waals surface area contributed by atoms with Crippen LogP contribution in [0.3, 0.4) is 0 Å². The fourth-order valence-corrected chi connectivity index (χ4v) is 2.45. The van der Waals surface area contributed by atoms with E-state index >= 15 is 0 Å². The molecule has 2 rings (SSSR count). The van der Waals surface area contributed by atoms with Gasteiger partial charge in [-0.2, -0.15) is 0 Å². The minimum Gasteiger partial charge on any atom is -0.356 e. The smallest absolute Gasteiger partial charge is 0.220 e. The summed E-state index contributed by atoms with van der Waals surface area (Å²) in [7, 11) is 0. The van der Waals surface area contributed by atoms with Crippen molar-refractivity contribution in [3.63, 3.8) is 0 Å². The zero-order valence-electron chi connectivity index (χ0n) is 11.8. The van der Waals surface area contributed by atoms with E-state index in [0.29, 0.717) is 12.5 Å². The third-order valence-corrected chi connectivity index (χ3v) is 3.69. The number of carbonyl (C=O) groups is 1. The third kappa shape index (κ3) is 5.59. The van der Waals surface area contributed by atoms with Crippen molar-refractivity contribution in [3.8, 4) is 0 Å². The molecule has 0 aliphatic carbocycles. The number of benzene rings is 1. The zero-order chi connectivity index (χ0) is 14.4. The molecule has 0 radical (unpaired) electrons. The molecule has 2 N–H and O–H groups in total.